The molecule has 3 aromatic rings. The number of rotatable bonds is 8. The fraction of sp³-hybridized carbons (Fsp3) is 0.308. The van der Waals surface area contributed by atoms with Crippen LogP contribution in [0.15, 0.2) is 78.9 Å². The van der Waals surface area contributed by atoms with Crippen molar-refractivity contribution in [2.24, 2.45) is 0 Å². The minimum atomic E-state index is -1.67. The lowest BCUT2D eigenvalue weighted by Gasteiger charge is -2.37. The van der Waals surface area contributed by atoms with Crippen LogP contribution in [0.2, 0.25) is 0 Å². The highest BCUT2D eigenvalue weighted by Gasteiger charge is 2.44. The molecular weight excluding hydrogens is 422 g/mol. The van der Waals surface area contributed by atoms with Gasteiger partial charge in [-0.1, -0.05) is 54.6 Å². The molecule has 4 atom stereocenters. The predicted molar refractivity (Wildman–Crippen MR) is 124 cm³/mol. The maximum atomic E-state index is 14.1. The number of methoxy groups -OCH3 is 2. The Morgan fingerprint density at radius 3 is 1.76 bits per heavy atom. The maximum Gasteiger partial charge on any atom is 0.146 e. The Labute approximate surface area is 194 Å². The molecule has 1 aliphatic rings. The van der Waals surface area contributed by atoms with Gasteiger partial charge in [-0.3, -0.25) is 0 Å². The summed E-state index contributed by atoms with van der Waals surface area (Å²) in [4.78, 5) is 0. The van der Waals surface area contributed by atoms with E-state index in [1.165, 1.54) is 0 Å². The smallest absolute Gasteiger partial charge is 0.146 e. The van der Waals surface area contributed by atoms with Crippen LogP contribution in [0.25, 0.3) is 0 Å². The number of aliphatic hydroxyl groups is 1. The van der Waals surface area contributed by atoms with Crippen LogP contribution < -0.4 is 9.47 Å². The van der Waals surface area contributed by atoms with Crippen LogP contribution in [0.1, 0.15) is 16.7 Å². The second-order valence-electron chi connectivity index (χ2n) is 7.89. The third kappa shape index (κ3) is 4.49. The molecule has 3 aromatic carbocycles. The third-order valence-electron chi connectivity index (χ3n) is 5.99. The number of hydrogen-bond donors (Lipinski definition) is 1. The van der Waals surface area contributed by atoms with Gasteiger partial charge in [0, 0.05) is 0 Å². The number of aliphatic hydroxyl groups excluding tert-OH is 1. The quantitative estimate of drug-likeness (QED) is 0.422. The number of ether oxygens (including phenoxy) is 4. The second kappa shape index (κ2) is 9.95. The predicted octanol–water partition coefficient (Wildman–Crippen LogP) is 3.60. The molecule has 0 saturated carbocycles. The van der Waals surface area contributed by atoms with Gasteiger partial charge in [0.05, 0.1) is 26.8 Å². The summed E-state index contributed by atoms with van der Waals surface area (Å²) >= 11 is 0. The summed E-state index contributed by atoms with van der Waals surface area (Å²) in [6, 6.07) is 23.6. The van der Waals surface area contributed by atoms with Crippen LogP contribution in [0, 0.1) is 0 Å². The largest absolute Gasteiger partial charge is 0.497 e. The highest BCUT2D eigenvalue weighted by atomic mass is 19.1. The van der Waals surface area contributed by atoms with Gasteiger partial charge >= 0.3 is 0 Å². The van der Waals surface area contributed by atoms with Crippen molar-refractivity contribution in [3.63, 3.8) is 0 Å². The van der Waals surface area contributed by atoms with Crippen molar-refractivity contribution in [3.05, 3.63) is 95.6 Å². The van der Waals surface area contributed by atoms with Gasteiger partial charge in [-0.15, -0.1) is 0 Å². The van der Waals surface area contributed by atoms with E-state index in [9.17, 15) is 9.50 Å². The van der Waals surface area contributed by atoms with Gasteiger partial charge in [-0.25, -0.2) is 4.39 Å². The summed E-state index contributed by atoms with van der Waals surface area (Å²) in [6.07, 6.45) is -3.96. The molecule has 0 aromatic heterocycles. The summed E-state index contributed by atoms with van der Waals surface area (Å²) in [5, 5.41) is 10.3. The van der Waals surface area contributed by atoms with Crippen molar-refractivity contribution >= 4 is 7.85 Å². The van der Waals surface area contributed by atoms with E-state index in [-0.39, 0.29) is 6.61 Å². The molecule has 4 rings (SSSR count). The molecule has 1 unspecified atom stereocenters. The fourth-order valence-corrected chi connectivity index (χ4v) is 4.18. The van der Waals surface area contributed by atoms with E-state index in [2.05, 4.69) is 0 Å². The number of benzene rings is 3. The normalized spacial score (nSPS) is 22.8. The Hall–Kier alpha value is -2.87. The molecule has 2 radical (unpaired) electrons. The third-order valence-corrected chi connectivity index (χ3v) is 5.99. The summed E-state index contributed by atoms with van der Waals surface area (Å²) in [7, 11) is 8.87. The van der Waals surface area contributed by atoms with E-state index in [0.29, 0.717) is 11.5 Å². The monoisotopic (exact) mass is 448 g/mol. The van der Waals surface area contributed by atoms with E-state index in [1.54, 1.807) is 14.2 Å². The van der Waals surface area contributed by atoms with E-state index in [1.807, 2.05) is 78.9 Å². The van der Waals surface area contributed by atoms with Crippen LogP contribution in [-0.4, -0.2) is 58.2 Å². The summed E-state index contributed by atoms with van der Waals surface area (Å²) in [6.45, 7) is -0.0811. The van der Waals surface area contributed by atoms with E-state index >= 15 is 0 Å². The van der Waals surface area contributed by atoms with Gasteiger partial charge < -0.3 is 24.1 Å². The van der Waals surface area contributed by atoms with Crippen molar-refractivity contribution in [3.8, 4) is 11.5 Å². The first kappa shape index (κ1) is 23.3. The van der Waals surface area contributed by atoms with Crippen LogP contribution in [-0.2, 0) is 15.1 Å². The molecule has 0 amide bonds. The second-order valence-corrected chi connectivity index (χ2v) is 7.89. The van der Waals surface area contributed by atoms with Crippen molar-refractivity contribution < 1.29 is 28.4 Å². The van der Waals surface area contributed by atoms with Crippen molar-refractivity contribution in [2.75, 3.05) is 20.8 Å². The van der Waals surface area contributed by atoms with Crippen molar-refractivity contribution in [2.45, 2.75) is 30.0 Å². The molecule has 1 aliphatic heterocycles. The minimum Gasteiger partial charge on any atom is -0.497 e. The lowest BCUT2D eigenvalue weighted by Crippen LogP contribution is -2.39. The SMILES string of the molecule is [B][C@@H]1O[C@H](COC(c2ccccc2)(c2ccc(OC)cc2)c2ccc(OC)cc2)[C@H](O)C1F. The highest BCUT2D eigenvalue weighted by molar-refractivity contribution is 6.11. The Bertz CT molecular complexity index is 981. The average Bonchev–Trinajstić information content (AvgIpc) is 3.12. The maximum absolute atomic E-state index is 14.1. The van der Waals surface area contributed by atoms with Gasteiger partial charge in [0.25, 0.3) is 0 Å². The van der Waals surface area contributed by atoms with Gasteiger partial charge in [0.2, 0.25) is 0 Å². The fourth-order valence-electron chi connectivity index (χ4n) is 4.18. The zero-order chi connectivity index (χ0) is 23.4. The zero-order valence-corrected chi connectivity index (χ0v) is 18.6. The average molecular weight is 448 g/mol. The van der Waals surface area contributed by atoms with Crippen molar-refractivity contribution in [1.82, 2.24) is 0 Å². The molecule has 1 saturated heterocycles. The zero-order valence-electron chi connectivity index (χ0n) is 18.6. The van der Waals surface area contributed by atoms with Gasteiger partial charge in [-0.2, -0.15) is 0 Å². The molecule has 1 fully saturated rings. The Morgan fingerprint density at radius 2 is 1.33 bits per heavy atom. The van der Waals surface area contributed by atoms with Crippen LogP contribution in [0.4, 0.5) is 4.39 Å². The Balaban J connectivity index is 1.83. The first-order chi connectivity index (χ1) is 16.0. The van der Waals surface area contributed by atoms with Crippen LogP contribution in [0.5, 0.6) is 11.5 Å². The summed E-state index contributed by atoms with van der Waals surface area (Å²) in [5.74, 6) is 1.41. The lowest BCUT2D eigenvalue weighted by atomic mass is 9.80. The molecule has 1 N–H and O–H groups in total. The Morgan fingerprint density at radius 1 is 0.848 bits per heavy atom. The standard InChI is InChI=1S/C26H26BFO5/c1-30-20-12-8-18(9-13-20)26(17-6-4-3-5-7-17,19-10-14-21(31-2)15-11-19)32-16-22-24(29)23(28)25(27)33-22/h3-15,22-25,29H,16H2,1-2H3/t22-,23?,24+,25-/m1/s1. The van der Waals surface area contributed by atoms with Crippen molar-refractivity contribution in [1.29, 1.82) is 0 Å². The molecule has 170 valence electrons. The number of hydrogen-bond acceptors (Lipinski definition) is 5. The van der Waals surface area contributed by atoms with Gasteiger partial charge in [-0.05, 0) is 41.0 Å². The summed E-state index contributed by atoms with van der Waals surface area (Å²) in [5.41, 5.74) is 1.43. The Kier molecular flexibility index (Phi) is 7.03. The van der Waals surface area contributed by atoms with E-state index in [4.69, 9.17) is 26.8 Å². The van der Waals surface area contributed by atoms with Gasteiger partial charge in [0.15, 0.2) is 0 Å². The molecule has 7 heteroatoms. The van der Waals surface area contributed by atoms with E-state index in [0.717, 1.165) is 16.7 Å². The number of alkyl halides is 1. The highest BCUT2D eigenvalue weighted by Crippen LogP contribution is 2.42. The lowest BCUT2D eigenvalue weighted by molar-refractivity contribution is -0.0744. The molecular formula is C26H26BFO5. The topological polar surface area (TPSA) is 57.2 Å². The molecule has 0 aliphatic carbocycles. The molecule has 33 heavy (non-hydrogen) atoms. The van der Waals surface area contributed by atoms with Gasteiger partial charge in [0.1, 0.15) is 43.3 Å². The molecule has 0 bridgehead atoms. The minimum absolute atomic E-state index is 0.0811. The molecule has 5 nitrogen and oxygen atoms in total. The van der Waals surface area contributed by atoms with Crippen LogP contribution >= 0.6 is 0 Å². The summed E-state index contributed by atoms with van der Waals surface area (Å²) < 4.78 is 36.9. The first-order valence-electron chi connectivity index (χ1n) is 10.7. The van der Waals surface area contributed by atoms with Crippen LogP contribution in [0.3, 0.4) is 0 Å². The van der Waals surface area contributed by atoms with E-state index < -0.39 is 30.0 Å². The first-order valence-corrected chi connectivity index (χ1v) is 10.7. The number of halogens is 1. The molecule has 0 spiro atoms. The molecule has 1 heterocycles.